The molecule has 2 heterocycles. The maximum atomic E-state index is 5.14. The Morgan fingerprint density at radius 1 is 0.372 bits per heavy atom. The molecule has 0 bridgehead atoms. The number of nitrogens with zero attached hydrogens (tertiary/aromatic N) is 3. The topological polar surface area (TPSA) is 38.7 Å². The van der Waals surface area contributed by atoms with Crippen molar-refractivity contribution in [1.82, 2.24) is 15.0 Å². The molecule has 0 N–H and O–H groups in total. The van der Waals surface area contributed by atoms with Gasteiger partial charge < -0.3 is 0 Å². The first-order chi connectivity index (χ1) is 21.3. The van der Waals surface area contributed by atoms with Gasteiger partial charge in [-0.05, 0) is 50.5 Å². The molecule has 4 heteroatoms. The Labute approximate surface area is 251 Å². The number of fused-ring (bicyclic) bond motifs is 8. The minimum absolute atomic E-state index is 0.665. The number of aromatic nitrogens is 3. The van der Waals surface area contributed by atoms with Gasteiger partial charge >= 0.3 is 0 Å². The Kier molecular flexibility index (Phi) is 5.37. The number of benzene rings is 7. The molecule has 0 atom stereocenters. The summed E-state index contributed by atoms with van der Waals surface area (Å²) in [6, 6.07) is 49.1. The molecule has 0 radical (unpaired) electrons. The van der Waals surface area contributed by atoms with Crippen LogP contribution in [0.1, 0.15) is 0 Å². The minimum atomic E-state index is 0.665. The molecule has 0 unspecified atom stereocenters. The first kappa shape index (κ1) is 24.2. The number of hydrogen-bond acceptors (Lipinski definition) is 4. The third kappa shape index (κ3) is 3.92. The first-order valence-electron chi connectivity index (χ1n) is 14.4. The Hall–Kier alpha value is -5.45. The van der Waals surface area contributed by atoms with E-state index in [1.165, 1.54) is 41.7 Å². The Morgan fingerprint density at radius 3 is 1.86 bits per heavy atom. The van der Waals surface area contributed by atoms with E-state index in [-0.39, 0.29) is 0 Å². The van der Waals surface area contributed by atoms with Gasteiger partial charge in [-0.25, -0.2) is 15.0 Å². The SMILES string of the molecule is c1ccc(-c2nc(-c3ccc4c(ccc5c6ccccc6sc45)c3)nc(-c3cc4ccccc4c4ccccc34)n2)cc1. The van der Waals surface area contributed by atoms with Crippen molar-refractivity contribution in [2.45, 2.75) is 0 Å². The van der Waals surface area contributed by atoms with Crippen molar-refractivity contribution in [2.75, 3.05) is 0 Å². The van der Waals surface area contributed by atoms with Crippen molar-refractivity contribution in [3.05, 3.63) is 140 Å². The van der Waals surface area contributed by atoms with E-state index < -0.39 is 0 Å². The van der Waals surface area contributed by atoms with Crippen molar-refractivity contribution in [3.8, 4) is 34.2 Å². The molecule has 0 saturated heterocycles. The third-order valence-electron chi connectivity index (χ3n) is 8.29. The molecule has 7 aromatic carbocycles. The molecule has 2 aromatic heterocycles. The number of rotatable bonds is 3. The van der Waals surface area contributed by atoms with Crippen LogP contribution in [0.15, 0.2) is 140 Å². The van der Waals surface area contributed by atoms with E-state index in [1.807, 2.05) is 29.5 Å². The average molecular weight is 566 g/mol. The predicted molar refractivity (Wildman–Crippen MR) is 182 cm³/mol. The normalized spacial score (nSPS) is 11.7. The summed E-state index contributed by atoms with van der Waals surface area (Å²) in [7, 11) is 0. The van der Waals surface area contributed by atoms with E-state index in [0.29, 0.717) is 17.5 Å². The van der Waals surface area contributed by atoms with Crippen molar-refractivity contribution >= 4 is 63.8 Å². The van der Waals surface area contributed by atoms with Gasteiger partial charge in [-0.15, -0.1) is 11.3 Å². The van der Waals surface area contributed by atoms with Crippen LogP contribution in [0.3, 0.4) is 0 Å². The maximum Gasteiger partial charge on any atom is 0.164 e. The molecule has 0 spiro atoms. The lowest BCUT2D eigenvalue weighted by molar-refractivity contribution is 1.08. The Morgan fingerprint density at radius 2 is 1.00 bits per heavy atom. The van der Waals surface area contributed by atoms with Crippen molar-refractivity contribution in [2.24, 2.45) is 0 Å². The van der Waals surface area contributed by atoms with E-state index in [4.69, 9.17) is 15.0 Å². The summed E-state index contributed by atoms with van der Waals surface area (Å²) in [5, 5.41) is 9.75. The molecule has 0 amide bonds. The molecule has 200 valence electrons. The van der Waals surface area contributed by atoms with E-state index in [0.717, 1.165) is 27.5 Å². The van der Waals surface area contributed by atoms with Gasteiger partial charge in [0.25, 0.3) is 0 Å². The summed E-state index contributed by atoms with van der Waals surface area (Å²) in [5.74, 6) is 2.00. The molecule has 9 rings (SSSR count). The van der Waals surface area contributed by atoms with Crippen LogP contribution in [0.5, 0.6) is 0 Å². The molecule has 3 nitrogen and oxygen atoms in total. The van der Waals surface area contributed by atoms with Gasteiger partial charge in [0, 0.05) is 36.9 Å². The van der Waals surface area contributed by atoms with E-state index in [2.05, 4.69) is 121 Å². The molecule has 9 aromatic rings. The van der Waals surface area contributed by atoms with Crippen molar-refractivity contribution in [1.29, 1.82) is 0 Å². The zero-order valence-electron chi connectivity index (χ0n) is 23.0. The van der Waals surface area contributed by atoms with Crippen molar-refractivity contribution < 1.29 is 0 Å². The van der Waals surface area contributed by atoms with Gasteiger partial charge in [0.15, 0.2) is 17.5 Å². The second-order valence-electron chi connectivity index (χ2n) is 10.8. The van der Waals surface area contributed by atoms with Gasteiger partial charge in [-0.3, -0.25) is 0 Å². The highest BCUT2D eigenvalue weighted by molar-refractivity contribution is 7.26. The zero-order valence-corrected chi connectivity index (χ0v) is 23.8. The molecule has 0 aliphatic heterocycles. The van der Waals surface area contributed by atoms with Crippen LogP contribution in [0.4, 0.5) is 0 Å². The van der Waals surface area contributed by atoms with Gasteiger partial charge in [0.2, 0.25) is 0 Å². The van der Waals surface area contributed by atoms with Crippen LogP contribution in [-0.2, 0) is 0 Å². The van der Waals surface area contributed by atoms with Crippen LogP contribution in [0.25, 0.3) is 86.7 Å². The van der Waals surface area contributed by atoms with E-state index in [1.54, 1.807) is 0 Å². The number of hydrogen-bond donors (Lipinski definition) is 0. The van der Waals surface area contributed by atoms with Crippen molar-refractivity contribution in [3.63, 3.8) is 0 Å². The molecule has 0 saturated carbocycles. The second kappa shape index (κ2) is 9.55. The van der Waals surface area contributed by atoms with E-state index in [9.17, 15) is 0 Å². The lowest BCUT2D eigenvalue weighted by Gasteiger charge is -2.12. The van der Waals surface area contributed by atoms with Crippen LogP contribution in [-0.4, -0.2) is 15.0 Å². The monoisotopic (exact) mass is 565 g/mol. The van der Waals surface area contributed by atoms with Crippen LogP contribution in [0, 0.1) is 0 Å². The van der Waals surface area contributed by atoms with Crippen LogP contribution >= 0.6 is 11.3 Å². The molecule has 43 heavy (non-hydrogen) atoms. The highest BCUT2D eigenvalue weighted by Gasteiger charge is 2.17. The highest BCUT2D eigenvalue weighted by atomic mass is 32.1. The lowest BCUT2D eigenvalue weighted by Crippen LogP contribution is -2.00. The maximum absolute atomic E-state index is 5.14. The summed E-state index contributed by atoms with van der Waals surface area (Å²) in [5.41, 5.74) is 2.94. The van der Waals surface area contributed by atoms with Gasteiger partial charge in [0.1, 0.15) is 0 Å². The fourth-order valence-corrected chi connectivity index (χ4v) is 7.47. The molecule has 0 fully saturated rings. The second-order valence-corrected chi connectivity index (χ2v) is 11.9. The van der Waals surface area contributed by atoms with Gasteiger partial charge in [0.05, 0.1) is 0 Å². The predicted octanol–water partition coefficient (Wildman–Crippen LogP) is 10.7. The fourth-order valence-electron chi connectivity index (χ4n) is 6.23. The fraction of sp³-hybridized carbons (Fsp3) is 0. The minimum Gasteiger partial charge on any atom is -0.208 e. The average Bonchev–Trinajstić information content (AvgIpc) is 3.47. The zero-order chi connectivity index (χ0) is 28.3. The molecular formula is C39H23N3S. The van der Waals surface area contributed by atoms with E-state index >= 15 is 0 Å². The highest BCUT2D eigenvalue weighted by Crippen LogP contribution is 2.40. The Balaban J connectivity index is 1.29. The third-order valence-corrected chi connectivity index (χ3v) is 9.51. The standard InChI is InChI=1S/C39H23N3S/c1-2-10-24(11-3-1)37-40-38(27-19-20-29-26(22-27)18-21-33-32-16-8-9-17-35(32)43-36(29)33)42-39(41-37)34-23-25-12-4-5-13-28(25)30-14-6-7-15-31(30)34/h1-23H. The van der Waals surface area contributed by atoms with Crippen LogP contribution < -0.4 is 0 Å². The smallest absolute Gasteiger partial charge is 0.164 e. The van der Waals surface area contributed by atoms with Gasteiger partial charge in [-0.2, -0.15) is 0 Å². The summed E-state index contributed by atoms with van der Waals surface area (Å²) in [6.45, 7) is 0. The molecule has 0 aliphatic rings. The Bertz CT molecular complexity index is 2510. The lowest BCUT2D eigenvalue weighted by atomic mass is 9.97. The quantitative estimate of drug-likeness (QED) is 0.200. The summed E-state index contributed by atoms with van der Waals surface area (Å²) >= 11 is 1.85. The largest absolute Gasteiger partial charge is 0.208 e. The molecular weight excluding hydrogens is 543 g/mol. The summed E-state index contributed by atoms with van der Waals surface area (Å²) in [6.07, 6.45) is 0. The first-order valence-corrected chi connectivity index (χ1v) is 15.2. The summed E-state index contributed by atoms with van der Waals surface area (Å²) in [4.78, 5) is 15.2. The van der Waals surface area contributed by atoms with Crippen LogP contribution in [0.2, 0.25) is 0 Å². The number of thiophene rings is 1. The summed E-state index contributed by atoms with van der Waals surface area (Å²) < 4.78 is 2.63. The van der Waals surface area contributed by atoms with Gasteiger partial charge in [-0.1, -0.05) is 121 Å². The molecule has 0 aliphatic carbocycles.